The molecule has 0 saturated carbocycles. The first kappa shape index (κ1) is 16.9. The molecule has 1 rings (SSSR count). The number of benzene rings is 1. The highest BCUT2D eigenvalue weighted by atomic mass is 16.5. The summed E-state index contributed by atoms with van der Waals surface area (Å²) in [6.07, 6.45) is 0.530. The zero-order valence-corrected chi connectivity index (χ0v) is 12.0. The van der Waals surface area contributed by atoms with Crippen LogP contribution in [-0.4, -0.2) is 38.2 Å². The molecule has 0 radical (unpaired) electrons. The Balaban J connectivity index is 2.61. The van der Waals surface area contributed by atoms with Gasteiger partial charge in [-0.25, -0.2) is 0 Å². The van der Waals surface area contributed by atoms with E-state index >= 15 is 0 Å². The van der Waals surface area contributed by atoms with Gasteiger partial charge in [-0.1, -0.05) is 12.1 Å². The summed E-state index contributed by atoms with van der Waals surface area (Å²) in [4.78, 5) is 22.6. The average molecular weight is 295 g/mol. The summed E-state index contributed by atoms with van der Waals surface area (Å²) < 4.78 is 10.3. The molecule has 1 aromatic carbocycles. The monoisotopic (exact) mass is 295 g/mol. The number of nitrogens with one attached hydrogen (secondary N) is 1. The summed E-state index contributed by atoms with van der Waals surface area (Å²) in [7, 11) is 1.55. The molecule has 0 aromatic heterocycles. The number of nitrogens with two attached hydrogens (primary N) is 2. The quantitative estimate of drug-likeness (QED) is 0.603. The van der Waals surface area contributed by atoms with Crippen LogP contribution < -0.4 is 21.5 Å². The van der Waals surface area contributed by atoms with Crippen molar-refractivity contribution in [2.75, 3.05) is 25.6 Å². The Morgan fingerprint density at radius 2 is 2.00 bits per heavy atom. The van der Waals surface area contributed by atoms with Crippen LogP contribution in [-0.2, 0) is 14.3 Å². The van der Waals surface area contributed by atoms with Gasteiger partial charge in [-0.2, -0.15) is 0 Å². The number of rotatable bonds is 9. The highest BCUT2D eigenvalue weighted by Crippen LogP contribution is 2.24. The SMILES string of the molecule is COCCC(N)C(=O)Nc1ccccc1OCCC(N)=O. The molecule has 0 spiro atoms. The lowest BCUT2D eigenvalue weighted by Gasteiger charge is -2.15. The van der Waals surface area contributed by atoms with E-state index in [1.807, 2.05) is 0 Å². The van der Waals surface area contributed by atoms with Crippen LogP contribution in [0, 0.1) is 0 Å². The highest BCUT2D eigenvalue weighted by Gasteiger charge is 2.15. The van der Waals surface area contributed by atoms with E-state index in [4.69, 9.17) is 20.9 Å². The van der Waals surface area contributed by atoms with Gasteiger partial charge in [0.15, 0.2) is 0 Å². The van der Waals surface area contributed by atoms with Crippen LogP contribution in [0.1, 0.15) is 12.8 Å². The van der Waals surface area contributed by atoms with E-state index in [9.17, 15) is 9.59 Å². The van der Waals surface area contributed by atoms with Gasteiger partial charge in [-0.05, 0) is 18.6 Å². The zero-order chi connectivity index (χ0) is 15.7. The third kappa shape index (κ3) is 6.24. The fraction of sp³-hybridized carbons (Fsp3) is 0.429. The van der Waals surface area contributed by atoms with Gasteiger partial charge in [-0.3, -0.25) is 9.59 Å². The molecular formula is C14H21N3O4. The van der Waals surface area contributed by atoms with Crippen molar-refractivity contribution in [3.05, 3.63) is 24.3 Å². The van der Waals surface area contributed by atoms with Crippen molar-refractivity contribution in [1.29, 1.82) is 0 Å². The maximum Gasteiger partial charge on any atom is 0.241 e. The van der Waals surface area contributed by atoms with Gasteiger partial charge in [0.05, 0.1) is 24.8 Å². The molecule has 1 aromatic rings. The third-order valence-corrected chi connectivity index (χ3v) is 2.72. The topological polar surface area (TPSA) is 117 Å². The van der Waals surface area contributed by atoms with E-state index in [1.54, 1.807) is 31.4 Å². The molecule has 21 heavy (non-hydrogen) atoms. The Bertz CT molecular complexity index is 479. The fourth-order valence-electron chi connectivity index (χ4n) is 1.56. The van der Waals surface area contributed by atoms with Gasteiger partial charge in [0.2, 0.25) is 11.8 Å². The summed E-state index contributed by atoms with van der Waals surface area (Å²) >= 11 is 0. The second kappa shape index (κ2) is 8.93. The number of ether oxygens (including phenoxy) is 2. The summed E-state index contributed by atoms with van der Waals surface area (Å²) in [5.74, 6) is -0.304. The maximum absolute atomic E-state index is 11.9. The minimum Gasteiger partial charge on any atom is -0.491 e. The van der Waals surface area contributed by atoms with Crippen LogP contribution >= 0.6 is 0 Å². The molecule has 116 valence electrons. The summed E-state index contributed by atoms with van der Waals surface area (Å²) in [6, 6.07) is 6.25. The molecule has 1 unspecified atom stereocenters. The average Bonchev–Trinajstić information content (AvgIpc) is 2.46. The number of hydrogen-bond acceptors (Lipinski definition) is 5. The Morgan fingerprint density at radius 3 is 2.67 bits per heavy atom. The number of carbonyl (C=O) groups excluding carboxylic acids is 2. The van der Waals surface area contributed by atoms with Gasteiger partial charge in [0.1, 0.15) is 5.75 Å². The maximum atomic E-state index is 11.9. The van der Waals surface area contributed by atoms with Gasteiger partial charge < -0.3 is 26.3 Å². The second-order valence-electron chi connectivity index (χ2n) is 4.44. The van der Waals surface area contributed by atoms with Crippen molar-refractivity contribution in [2.45, 2.75) is 18.9 Å². The Kier molecular flexibility index (Phi) is 7.20. The number of para-hydroxylation sites is 2. The molecular weight excluding hydrogens is 274 g/mol. The lowest BCUT2D eigenvalue weighted by molar-refractivity contribution is -0.119. The molecule has 0 bridgehead atoms. The van der Waals surface area contributed by atoms with Crippen molar-refractivity contribution in [1.82, 2.24) is 0 Å². The van der Waals surface area contributed by atoms with E-state index in [0.29, 0.717) is 24.5 Å². The first-order valence-corrected chi connectivity index (χ1v) is 6.60. The first-order valence-electron chi connectivity index (χ1n) is 6.60. The Labute approximate surface area is 123 Å². The Morgan fingerprint density at radius 1 is 1.29 bits per heavy atom. The predicted octanol–water partition coefficient (Wildman–Crippen LogP) is 0.243. The highest BCUT2D eigenvalue weighted by molar-refractivity contribution is 5.95. The largest absolute Gasteiger partial charge is 0.491 e. The molecule has 0 heterocycles. The molecule has 0 aliphatic carbocycles. The van der Waals surface area contributed by atoms with Crippen LogP contribution in [0.4, 0.5) is 5.69 Å². The van der Waals surface area contributed by atoms with E-state index < -0.39 is 11.9 Å². The van der Waals surface area contributed by atoms with Crippen LogP contribution in [0.15, 0.2) is 24.3 Å². The van der Waals surface area contributed by atoms with Gasteiger partial charge in [0, 0.05) is 13.7 Å². The first-order chi connectivity index (χ1) is 10.0. The number of primary amides is 1. The minimum absolute atomic E-state index is 0.107. The van der Waals surface area contributed by atoms with Crippen LogP contribution in [0.3, 0.4) is 0 Å². The van der Waals surface area contributed by atoms with Crippen molar-refractivity contribution in [2.24, 2.45) is 11.5 Å². The standard InChI is InChI=1S/C14H21N3O4/c1-20-8-6-10(15)14(19)17-11-4-2-3-5-12(11)21-9-7-13(16)18/h2-5,10H,6-9,15H2,1H3,(H2,16,18)(H,17,19). The van der Waals surface area contributed by atoms with Gasteiger partial charge in [0.25, 0.3) is 0 Å². The molecule has 5 N–H and O–H groups in total. The molecule has 7 nitrogen and oxygen atoms in total. The lowest BCUT2D eigenvalue weighted by Crippen LogP contribution is -2.36. The minimum atomic E-state index is -0.663. The van der Waals surface area contributed by atoms with Gasteiger partial charge in [-0.15, -0.1) is 0 Å². The van der Waals surface area contributed by atoms with E-state index in [2.05, 4.69) is 5.32 Å². The number of methoxy groups -OCH3 is 1. The number of carbonyl (C=O) groups is 2. The predicted molar refractivity (Wildman–Crippen MR) is 78.8 cm³/mol. The molecule has 0 aliphatic rings. The van der Waals surface area contributed by atoms with Gasteiger partial charge >= 0.3 is 0 Å². The van der Waals surface area contributed by atoms with Crippen molar-refractivity contribution in [3.8, 4) is 5.75 Å². The number of amides is 2. The molecule has 1 atom stereocenters. The molecule has 2 amide bonds. The Hall–Kier alpha value is -2.12. The molecule has 0 aliphatic heterocycles. The molecule has 7 heteroatoms. The van der Waals surface area contributed by atoms with Crippen LogP contribution in [0.2, 0.25) is 0 Å². The van der Waals surface area contributed by atoms with E-state index in [1.165, 1.54) is 0 Å². The van der Waals surface area contributed by atoms with Crippen molar-refractivity contribution < 1.29 is 19.1 Å². The lowest BCUT2D eigenvalue weighted by atomic mass is 10.2. The van der Waals surface area contributed by atoms with Crippen LogP contribution in [0.25, 0.3) is 0 Å². The summed E-state index contributed by atoms with van der Waals surface area (Å²) in [5, 5.41) is 2.70. The zero-order valence-electron chi connectivity index (χ0n) is 12.0. The summed E-state index contributed by atoms with van der Waals surface area (Å²) in [6.45, 7) is 0.559. The van der Waals surface area contributed by atoms with Crippen LogP contribution in [0.5, 0.6) is 5.75 Å². The van der Waals surface area contributed by atoms with Crippen molar-refractivity contribution >= 4 is 17.5 Å². The van der Waals surface area contributed by atoms with E-state index in [0.717, 1.165) is 0 Å². The van der Waals surface area contributed by atoms with Crippen molar-refractivity contribution in [3.63, 3.8) is 0 Å². The summed E-state index contributed by atoms with van der Waals surface area (Å²) in [5.41, 5.74) is 11.3. The number of anilines is 1. The second-order valence-corrected chi connectivity index (χ2v) is 4.44. The molecule has 0 fully saturated rings. The third-order valence-electron chi connectivity index (χ3n) is 2.72. The smallest absolute Gasteiger partial charge is 0.241 e. The number of hydrogen-bond donors (Lipinski definition) is 3. The molecule has 0 saturated heterocycles. The normalized spacial score (nSPS) is 11.7. The fourth-order valence-corrected chi connectivity index (χ4v) is 1.56. The van der Waals surface area contributed by atoms with E-state index in [-0.39, 0.29) is 18.9 Å².